The fourth-order valence-electron chi connectivity index (χ4n) is 3.45. The number of nitrogens with zero attached hydrogens (tertiary/aromatic N) is 3. The van der Waals surface area contributed by atoms with Gasteiger partial charge < -0.3 is 5.11 Å². The standard InChI is InChI=1S/C23H16F3N3O/c1-23(2,30)17-10-20(25)29-19(12-28-22(29)21(17)26)13-7-8-18(24)16(9-13)15-6-4-3-5-14(15)11-27/h3-10,12,30H,1-2H3. The van der Waals surface area contributed by atoms with Crippen molar-refractivity contribution in [3.05, 3.63) is 83.4 Å². The van der Waals surface area contributed by atoms with E-state index < -0.39 is 23.2 Å². The van der Waals surface area contributed by atoms with Crippen LogP contribution in [0.2, 0.25) is 0 Å². The number of rotatable bonds is 3. The lowest BCUT2D eigenvalue weighted by atomic mass is 9.97. The minimum Gasteiger partial charge on any atom is -0.386 e. The van der Waals surface area contributed by atoms with Crippen molar-refractivity contribution in [2.45, 2.75) is 19.4 Å². The van der Waals surface area contributed by atoms with E-state index in [1.807, 2.05) is 6.07 Å². The van der Waals surface area contributed by atoms with Crippen molar-refractivity contribution in [2.24, 2.45) is 0 Å². The zero-order valence-electron chi connectivity index (χ0n) is 16.1. The number of hydrogen-bond donors (Lipinski definition) is 1. The van der Waals surface area contributed by atoms with Crippen molar-refractivity contribution in [1.82, 2.24) is 9.38 Å². The lowest BCUT2D eigenvalue weighted by Crippen LogP contribution is -2.19. The van der Waals surface area contributed by atoms with E-state index in [-0.39, 0.29) is 22.5 Å². The Bertz CT molecular complexity index is 1330. The Morgan fingerprint density at radius 2 is 1.77 bits per heavy atom. The Hall–Kier alpha value is -3.63. The normalized spacial score (nSPS) is 11.6. The molecule has 0 radical (unpaired) electrons. The number of hydrogen-bond acceptors (Lipinski definition) is 3. The Balaban J connectivity index is 1.95. The van der Waals surface area contributed by atoms with Crippen molar-refractivity contribution < 1.29 is 18.3 Å². The summed E-state index contributed by atoms with van der Waals surface area (Å²) in [6.07, 6.45) is 1.28. The molecule has 0 fully saturated rings. The molecule has 4 rings (SSSR count). The van der Waals surface area contributed by atoms with Crippen molar-refractivity contribution in [3.63, 3.8) is 0 Å². The molecular formula is C23H16F3N3O. The van der Waals surface area contributed by atoms with Crippen LogP contribution in [0.3, 0.4) is 0 Å². The second-order valence-corrected chi connectivity index (χ2v) is 7.41. The topological polar surface area (TPSA) is 61.3 Å². The van der Waals surface area contributed by atoms with Gasteiger partial charge in [-0.25, -0.2) is 13.8 Å². The number of pyridine rings is 1. The van der Waals surface area contributed by atoms with Crippen LogP contribution in [-0.2, 0) is 5.60 Å². The molecule has 4 aromatic rings. The minimum absolute atomic E-state index is 0.161. The van der Waals surface area contributed by atoms with Gasteiger partial charge in [0.05, 0.1) is 29.1 Å². The molecule has 0 saturated heterocycles. The van der Waals surface area contributed by atoms with Crippen molar-refractivity contribution in [3.8, 4) is 28.5 Å². The SMILES string of the molecule is CC(C)(O)c1cc(F)n2c(-c3ccc(F)c(-c4ccccc4C#N)c3)cnc2c1F. The summed E-state index contributed by atoms with van der Waals surface area (Å²) >= 11 is 0. The maximum atomic E-state index is 14.9. The lowest BCUT2D eigenvalue weighted by molar-refractivity contribution is 0.0741. The van der Waals surface area contributed by atoms with E-state index in [9.17, 15) is 23.5 Å². The Morgan fingerprint density at radius 1 is 1.03 bits per heavy atom. The number of benzene rings is 2. The molecule has 0 aliphatic heterocycles. The fourth-order valence-corrected chi connectivity index (χ4v) is 3.45. The predicted molar refractivity (Wildman–Crippen MR) is 106 cm³/mol. The highest BCUT2D eigenvalue weighted by Crippen LogP contribution is 2.33. The summed E-state index contributed by atoms with van der Waals surface area (Å²) in [5.74, 6) is -2.21. The quantitative estimate of drug-likeness (QED) is 0.476. The van der Waals surface area contributed by atoms with Gasteiger partial charge >= 0.3 is 0 Å². The first-order chi connectivity index (χ1) is 14.2. The van der Waals surface area contributed by atoms with Crippen LogP contribution >= 0.6 is 0 Å². The van der Waals surface area contributed by atoms with Gasteiger partial charge in [0.1, 0.15) is 5.82 Å². The molecule has 0 unspecified atom stereocenters. The average molecular weight is 407 g/mol. The van der Waals surface area contributed by atoms with E-state index in [2.05, 4.69) is 4.98 Å². The van der Waals surface area contributed by atoms with Gasteiger partial charge in [-0.15, -0.1) is 0 Å². The average Bonchev–Trinajstić information content (AvgIpc) is 3.16. The molecule has 2 heterocycles. The third-order valence-electron chi connectivity index (χ3n) is 4.93. The molecule has 150 valence electrons. The fraction of sp³-hybridized carbons (Fsp3) is 0.130. The monoisotopic (exact) mass is 407 g/mol. The molecule has 0 bridgehead atoms. The van der Waals surface area contributed by atoms with Gasteiger partial charge in [-0.05, 0) is 38.1 Å². The van der Waals surface area contributed by atoms with E-state index in [0.29, 0.717) is 16.7 Å². The van der Waals surface area contributed by atoms with Crippen LogP contribution in [0.1, 0.15) is 25.0 Å². The van der Waals surface area contributed by atoms with Crippen LogP contribution in [0.5, 0.6) is 0 Å². The number of halogens is 3. The zero-order valence-corrected chi connectivity index (χ0v) is 16.1. The lowest BCUT2D eigenvalue weighted by Gasteiger charge is -2.19. The molecule has 0 aliphatic rings. The third-order valence-corrected chi connectivity index (χ3v) is 4.93. The first-order valence-corrected chi connectivity index (χ1v) is 9.10. The van der Waals surface area contributed by atoms with Crippen LogP contribution in [-0.4, -0.2) is 14.5 Å². The summed E-state index contributed by atoms with van der Waals surface area (Å²) in [5.41, 5.74) is -0.655. The number of fused-ring (bicyclic) bond motifs is 1. The van der Waals surface area contributed by atoms with Crippen LogP contribution in [0, 0.1) is 28.9 Å². The van der Waals surface area contributed by atoms with Gasteiger partial charge in [-0.3, -0.25) is 4.40 Å². The summed E-state index contributed by atoms with van der Waals surface area (Å²) in [4.78, 5) is 3.98. The molecule has 0 amide bonds. The van der Waals surface area contributed by atoms with E-state index >= 15 is 0 Å². The van der Waals surface area contributed by atoms with Crippen LogP contribution in [0.15, 0.2) is 54.7 Å². The molecular weight excluding hydrogens is 391 g/mol. The predicted octanol–water partition coefficient (Wildman–Crippen LogP) is 5.18. The van der Waals surface area contributed by atoms with Gasteiger partial charge in [-0.2, -0.15) is 9.65 Å². The smallest absolute Gasteiger partial charge is 0.200 e. The Labute approximate surface area is 170 Å². The van der Waals surface area contributed by atoms with Crippen molar-refractivity contribution >= 4 is 5.65 Å². The van der Waals surface area contributed by atoms with E-state index in [4.69, 9.17) is 0 Å². The maximum Gasteiger partial charge on any atom is 0.200 e. The summed E-state index contributed by atoms with van der Waals surface area (Å²) in [6, 6.07) is 13.6. The van der Waals surface area contributed by atoms with Crippen molar-refractivity contribution in [1.29, 1.82) is 5.26 Å². The number of aromatic nitrogens is 2. The second kappa shape index (κ2) is 7.01. The van der Waals surface area contributed by atoms with Gasteiger partial charge in [-0.1, -0.05) is 18.2 Å². The first-order valence-electron chi connectivity index (χ1n) is 9.10. The summed E-state index contributed by atoms with van der Waals surface area (Å²) in [7, 11) is 0. The van der Waals surface area contributed by atoms with Crippen LogP contribution in [0.25, 0.3) is 28.0 Å². The molecule has 30 heavy (non-hydrogen) atoms. The number of aliphatic hydroxyl groups is 1. The Morgan fingerprint density at radius 3 is 2.47 bits per heavy atom. The highest BCUT2D eigenvalue weighted by molar-refractivity contribution is 5.76. The molecule has 2 aromatic carbocycles. The molecule has 0 atom stereocenters. The second-order valence-electron chi connectivity index (χ2n) is 7.41. The van der Waals surface area contributed by atoms with E-state index in [1.54, 1.807) is 24.3 Å². The maximum absolute atomic E-state index is 14.9. The summed E-state index contributed by atoms with van der Waals surface area (Å²) < 4.78 is 45.3. The molecule has 2 aromatic heterocycles. The summed E-state index contributed by atoms with van der Waals surface area (Å²) in [6.45, 7) is 2.70. The van der Waals surface area contributed by atoms with Gasteiger partial charge in [0.25, 0.3) is 0 Å². The minimum atomic E-state index is -1.59. The van der Waals surface area contributed by atoms with Gasteiger partial charge in [0.2, 0.25) is 0 Å². The first kappa shape index (κ1) is 19.7. The molecule has 1 N–H and O–H groups in total. The van der Waals surface area contributed by atoms with E-state index in [0.717, 1.165) is 10.5 Å². The van der Waals surface area contributed by atoms with Crippen LogP contribution in [0.4, 0.5) is 13.2 Å². The van der Waals surface area contributed by atoms with Gasteiger partial charge in [0.15, 0.2) is 17.4 Å². The van der Waals surface area contributed by atoms with Crippen LogP contribution < -0.4 is 0 Å². The zero-order chi connectivity index (χ0) is 21.6. The highest BCUT2D eigenvalue weighted by Gasteiger charge is 2.26. The number of imidazole rings is 1. The highest BCUT2D eigenvalue weighted by atomic mass is 19.1. The molecule has 0 spiro atoms. The number of nitriles is 1. The van der Waals surface area contributed by atoms with Gasteiger partial charge in [0, 0.05) is 28.3 Å². The third kappa shape index (κ3) is 3.11. The Kier molecular flexibility index (Phi) is 4.60. The van der Waals surface area contributed by atoms with Crippen molar-refractivity contribution in [2.75, 3.05) is 0 Å². The molecule has 7 heteroatoms. The largest absolute Gasteiger partial charge is 0.386 e. The molecule has 0 aliphatic carbocycles. The molecule has 0 saturated carbocycles. The van der Waals surface area contributed by atoms with E-state index in [1.165, 1.54) is 38.2 Å². The summed E-state index contributed by atoms with van der Waals surface area (Å²) in [5, 5.41) is 19.4. The molecule has 4 nitrogen and oxygen atoms in total.